The van der Waals surface area contributed by atoms with Gasteiger partial charge in [0.2, 0.25) is 0 Å². The van der Waals surface area contributed by atoms with Crippen molar-refractivity contribution in [1.82, 2.24) is 10.6 Å². The van der Waals surface area contributed by atoms with Gasteiger partial charge in [-0.25, -0.2) is 9.79 Å². The number of hydrogen-bond donors (Lipinski definition) is 2. The van der Waals surface area contributed by atoms with E-state index in [1.807, 2.05) is 6.92 Å². The molecule has 50 valence electrons. The Bertz CT molecular complexity index is 164. The first-order chi connectivity index (χ1) is 4.18. The molecule has 0 saturated heterocycles. The van der Waals surface area contributed by atoms with Gasteiger partial charge in [-0.3, -0.25) is 5.32 Å². The van der Waals surface area contributed by atoms with Crippen LogP contribution in [0.4, 0.5) is 4.79 Å². The highest BCUT2D eigenvalue weighted by molar-refractivity contribution is 5.97. The first-order valence-electron chi connectivity index (χ1n) is 2.80. The van der Waals surface area contributed by atoms with Crippen molar-refractivity contribution < 1.29 is 4.79 Å². The van der Waals surface area contributed by atoms with Crippen LogP contribution < -0.4 is 10.6 Å². The fourth-order valence-electron chi connectivity index (χ4n) is 0.745. The maximum Gasteiger partial charge on any atom is 0.321 e. The molecule has 1 rings (SSSR count). The monoisotopic (exact) mass is 127 g/mol. The van der Waals surface area contributed by atoms with Gasteiger partial charge < -0.3 is 5.32 Å². The summed E-state index contributed by atoms with van der Waals surface area (Å²) in [4.78, 5) is 14.6. The average Bonchev–Trinajstić information content (AvgIpc) is 1.59. The van der Waals surface area contributed by atoms with Gasteiger partial charge in [0.25, 0.3) is 0 Å². The van der Waals surface area contributed by atoms with E-state index in [1.165, 1.54) is 0 Å². The minimum absolute atomic E-state index is 0.0845. The standard InChI is InChI=1S/C5H9N3O/c1-3-6-4(2)8-5(9)7-3/h3H,1-2H3,(H2,6,7,8,9). The quantitative estimate of drug-likeness (QED) is 0.475. The van der Waals surface area contributed by atoms with E-state index in [2.05, 4.69) is 15.6 Å². The predicted molar refractivity (Wildman–Crippen MR) is 34.2 cm³/mol. The summed E-state index contributed by atoms with van der Waals surface area (Å²) in [5.74, 6) is 0.672. The summed E-state index contributed by atoms with van der Waals surface area (Å²) in [6.07, 6.45) is -0.0845. The lowest BCUT2D eigenvalue weighted by atomic mass is 10.5. The van der Waals surface area contributed by atoms with E-state index in [1.54, 1.807) is 6.92 Å². The smallest absolute Gasteiger partial charge is 0.316 e. The van der Waals surface area contributed by atoms with Crippen LogP contribution in [0.25, 0.3) is 0 Å². The van der Waals surface area contributed by atoms with Gasteiger partial charge in [0.1, 0.15) is 12.0 Å². The molecule has 1 unspecified atom stereocenters. The molecule has 1 aliphatic rings. The van der Waals surface area contributed by atoms with E-state index in [9.17, 15) is 4.79 Å². The van der Waals surface area contributed by atoms with Crippen LogP contribution in [0.5, 0.6) is 0 Å². The molecular formula is C5H9N3O. The Labute approximate surface area is 53.3 Å². The highest BCUT2D eigenvalue weighted by Crippen LogP contribution is 1.89. The lowest BCUT2D eigenvalue weighted by Gasteiger charge is -2.16. The number of urea groups is 1. The van der Waals surface area contributed by atoms with Crippen molar-refractivity contribution in [1.29, 1.82) is 0 Å². The van der Waals surface area contributed by atoms with Gasteiger partial charge in [-0.15, -0.1) is 0 Å². The molecule has 0 aromatic heterocycles. The van der Waals surface area contributed by atoms with Crippen molar-refractivity contribution >= 4 is 11.9 Å². The summed E-state index contributed by atoms with van der Waals surface area (Å²) >= 11 is 0. The molecule has 0 aliphatic carbocycles. The molecule has 0 radical (unpaired) electrons. The van der Waals surface area contributed by atoms with Crippen LogP contribution in [0.3, 0.4) is 0 Å². The van der Waals surface area contributed by atoms with E-state index in [0.29, 0.717) is 5.84 Å². The fourth-order valence-corrected chi connectivity index (χ4v) is 0.745. The lowest BCUT2D eigenvalue weighted by molar-refractivity contribution is 0.240. The normalized spacial score (nSPS) is 26.2. The lowest BCUT2D eigenvalue weighted by Crippen LogP contribution is -2.47. The summed E-state index contributed by atoms with van der Waals surface area (Å²) in [5.41, 5.74) is 0. The predicted octanol–water partition coefficient (Wildman–Crippen LogP) is 0.0636. The first-order valence-corrected chi connectivity index (χ1v) is 2.80. The highest BCUT2D eigenvalue weighted by Gasteiger charge is 2.11. The van der Waals surface area contributed by atoms with E-state index >= 15 is 0 Å². The second kappa shape index (κ2) is 2.05. The molecule has 4 heteroatoms. The minimum Gasteiger partial charge on any atom is -0.316 e. The number of rotatable bonds is 0. The molecule has 1 atom stereocenters. The molecule has 0 spiro atoms. The van der Waals surface area contributed by atoms with Crippen molar-refractivity contribution in [3.63, 3.8) is 0 Å². The maximum atomic E-state index is 10.6. The number of hydrogen-bond acceptors (Lipinski definition) is 2. The maximum absolute atomic E-state index is 10.6. The third-order valence-corrected chi connectivity index (χ3v) is 1.02. The largest absolute Gasteiger partial charge is 0.321 e. The van der Waals surface area contributed by atoms with Gasteiger partial charge >= 0.3 is 6.03 Å². The van der Waals surface area contributed by atoms with E-state index in [-0.39, 0.29) is 12.2 Å². The molecule has 0 aromatic carbocycles. The van der Waals surface area contributed by atoms with Gasteiger partial charge in [-0.05, 0) is 13.8 Å². The Balaban J connectivity index is 2.67. The molecular weight excluding hydrogens is 118 g/mol. The number of amidine groups is 1. The average molecular weight is 127 g/mol. The van der Waals surface area contributed by atoms with Crippen molar-refractivity contribution in [2.45, 2.75) is 20.0 Å². The van der Waals surface area contributed by atoms with Gasteiger partial charge in [0.05, 0.1) is 0 Å². The Kier molecular flexibility index (Phi) is 1.38. The summed E-state index contributed by atoms with van der Waals surface area (Å²) in [7, 11) is 0. The first kappa shape index (κ1) is 6.07. The molecule has 0 fully saturated rings. The summed E-state index contributed by atoms with van der Waals surface area (Å²) in [5, 5.41) is 5.08. The van der Waals surface area contributed by atoms with E-state index in [0.717, 1.165) is 0 Å². The Hall–Kier alpha value is -1.06. The van der Waals surface area contributed by atoms with Crippen LogP contribution in [-0.4, -0.2) is 18.0 Å². The zero-order valence-electron chi connectivity index (χ0n) is 5.43. The zero-order valence-corrected chi connectivity index (χ0v) is 5.43. The number of carbonyl (C=O) groups is 1. The Morgan fingerprint density at radius 3 is 2.78 bits per heavy atom. The molecule has 0 aromatic rings. The third kappa shape index (κ3) is 1.42. The number of nitrogens with zero attached hydrogens (tertiary/aromatic N) is 1. The SMILES string of the molecule is CC1=NC(C)NC(=O)N1. The molecule has 9 heavy (non-hydrogen) atoms. The summed E-state index contributed by atoms with van der Waals surface area (Å²) in [6.45, 7) is 3.58. The fraction of sp³-hybridized carbons (Fsp3) is 0.600. The number of aliphatic imine (C=N–C) groups is 1. The molecule has 1 heterocycles. The molecule has 2 N–H and O–H groups in total. The van der Waals surface area contributed by atoms with E-state index < -0.39 is 0 Å². The van der Waals surface area contributed by atoms with Crippen LogP contribution in [0, 0.1) is 0 Å². The van der Waals surface area contributed by atoms with Crippen molar-refractivity contribution in [3.05, 3.63) is 0 Å². The molecule has 0 bridgehead atoms. The number of carbonyl (C=O) groups excluding carboxylic acids is 1. The minimum atomic E-state index is -0.171. The number of nitrogens with one attached hydrogen (secondary N) is 2. The molecule has 0 saturated carbocycles. The molecule has 2 amide bonds. The Morgan fingerprint density at radius 1 is 1.67 bits per heavy atom. The van der Waals surface area contributed by atoms with Gasteiger partial charge in [0.15, 0.2) is 0 Å². The van der Waals surface area contributed by atoms with Crippen LogP contribution in [0.15, 0.2) is 4.99 Å². The van der Waals surface area contributed by atoms with Gasteiger partial charge in [-0.1, -0.05) is 0 Å². The van der Waals surface area contributed by atoms with Crippen LogP contribution in [0.2, 0.25) is 0 Å². The summed E-state index contributed by atoms with van der Waals surface area (Å²) < 4.78 is 0. The second-order valence-corrected chi connectivity index (χ2v) is 1.99. The molecule has 4 nitrogen and oxygen atoms in total. The zero-order chi connectivity index (χ0) is 6.85. The topological polar surface area (TPSA) is 53.5 Å². The van der Waals surface area contributed by atoms with E-state index in [4.69, 9.17) is 0 Å². The van der Waals surface area contributed by atoms with Gasteiger partial charge in [-0.2, -0.15) is 0 Å². The third-order valence-electron chi connectivity index (χ3n) is 1.02. The van der Waals surface area contributed by atoms with Crippen LogP contribution >= 0.6 is 0 Å². The van der Waals surface area contributed by atoms with Crippen molar-refractivity contribution in [2.75, 3.05) is 0 Å². The molecule has 1 aliphatic heterocycles. The number of amides is 2. The van der Waals surface area contributed by atoms with Crippen LogP contribution in [-0.2, 0) is 0 Å². The van der Waals surface area contributed by atoms with Crippen molar-refractivity contribution in [2.24, 2.45) is 4.99 Å². The Morgan fingerprint density at radius 2 is 2.33 bits per heavy atom. The summed E-state index contributed by atoms with van der Waals surface area (Å²) in [6, 6.07) is -0.171. The van der Waals surface area contributed by atoms with Crippen LogP contribution in [0.1, 0.15) is 13.8 Å². The van der Waals surface area contributed by atoms with Gasteiger partial charge in [0, 0.05) is 0 Å². The van der Waals surface area contributed by atoms with Crippen molar-refractivity contribution in [3.8, 4) is 0 Å². The highest BCUT2D eigenvalue weighted by atomic mass is 16.2. The second-order valence-electron chi connectivity index (χ2n) is 1.99.